The van der Waals surface area contributed by atoms with Gasteiger partial charge in [-0.3, -0.25) is 14.6 Å². The first-order valence-electron chi connectivity index (χ1n) is 7.82. The number of hydrogen-bond acceptors (Lipinski definition) is 6. The number of aromatic nitrogens is 2. The van der Waals surface area contributed by atoms with E-state index in [1.165, 1.54) is 11.3 Å². The highest BCUT2D eigenvalue weighted by atomic mass is 32.1. The summed E-state index contributed by atoms with van der Waals surface area (Å²) in [4.78, 5) is 32.2. The summed E-state index contributed by atoms with van der Waals surface area (Å²) >= 11 is 1.29. The van der Waals surface area contributed by atoms with E-state index >= 15 is 0 Å². The van der Waals surface area contributed by atoms with Crippen molar-refractivity contribution in [1.29, 1.82) is 0 Å². The molecule has 0 atom stereocenters. The number of thiazole rings is 1. The molecule has 0 aliphatic carbocycles. The summed E-state index contributed by atoms with van der Waals surface area (Å²) in [5.74, 6) is -0.144. The molecule has 0 aliphatic heterocycles. The van der Waals surface area contributed by atoms with Crippen molar-refractivity contribution in [2.45, 2.75) is 0 Å². The molecule has 3 aromatic rings. The molecule has 0 unspecified atom stereocenters. The average Bonchev–Trinajstić information content (AvgIpc) is 3.15. The van der Waals surface area contributed by atoms with Crippen LogP contribution in [0.2, 0.25) is 0 Å². The Hall–Kier alpha value is -3.26. The Labute approximate surface area is 154 Å². The molecule has 7 nitrogen and oxygen atoms in total. The summed E-state index contributed by atoms with van der Waals surface area (Å²) in [5, 5.41) is 7.41. The normalized spacial score (nSPS) is 10.2. The molecular formula is C18H16N4O3S. The van der Waals surface area contributed by atoms with Gasteiger partial charge in [-0.2, -0.15) is 0 Å². The van der Waals surface area contributed by atoms with E-state index in [1.54, 1.807) is 18.3 Å². The third kappa shape index (κ3) is 5.12. The smallest absolute Gasteiger partial charge is 0.258 e. The van der Waals surface area contributed by atoms with E-state index in [1.807, 2.05) is 41.8 Å². The highest BCUT2D eigenvalue weighted by Gasteiger charge is 2.10. The first-order chi connectivity index (χ1) is 12.7. The number of hydrogen-bond donors (Lipinski definition) is 2. The quantitative estimate of drug-likeness (QED) is 0.668. The number of amides is 2. The Morgan fingerprint density at radius 1 is 1.00 bits per heavy atom. The fourth-order valence-corrected chi connectivity index (χ4v) is 2.74. The van der Waals surface area contributed by atoms with Gasteiger partial charge in [0.25, 0.3) is 5.91 Å². The topological polar surface area (TPSA) is 93.2 Å². The molecule has 0 saturated heterocycles. The van der Waals surface area contributed by atoms with Crippen molar-refractivity contribution in [3.8, 4) is 17.1 Å². The van der Waals surface area contributed by atoms with Gasteiger partial charge in [0, 0.05) is 11.6 Å². The molecule has 2 N–H and O–H groups in total. The van der Waals surface area contributed by atoms with Crippen molar-refractivity contribution < 1.29 is 14.3 Å². The minimum absolute atomic E-state index is 0.154. The predicted molar refractivity (Wildman–Crippen MR) is 98.9 cm³/mol. The van der Waals surface area contributed by atoms with Crippen LogP contribution in [0.4, 0.5) is 5.13 Å². The zero-order valence-electron chi connectivity index (χ0n) is 13.7. The van der Waals surface area contributed by atoms with E-state index < -0.39 is 0 Å². The van der Waals surface area contributed by atoms with Gasteiger partial charge in [-0.15, -0.1) is 11.3 Å². The van der Waals surface area contributed by atoms with Crippen molar-refractivity contribution in [2.24, 2.45) is 0 Å². The lowest BCUT2D eigenvalue weighted by Crippen LogP contribution is -2.35. The number of nitrogens with one attached hydrogen (secondary N) is 2. The van der Waals surface area contributed by atoms with E-state index in [0.29, 0.717) is 16.6 Å². The molecule has 132 valence electrons. The first-order valence-corrected chi connectivity index (χ1v) is 8.70. The Balaban J connectivity index is 1.43. The molecule has 0 aliphatic rings. The molecule has 0 bridgehead atoms. The number of benzene rings is 1. The van der Waals surface area contributed by atoms with Gasteiger partial charge in [0.1, 0.15) is 11.4 Å². The monoisotopic (exact) mass is 368 g/mol. The van der Waals surface area contributed by atoms with Crippen LogP contribution in [0.15, 0.2) is 60.1 Å². The van der Waals surface area contributed by atoms with Gasteiger partial charge in [0.15, 0.2) is 11.7 Å². The SMILES string of the molecule is O=C(COc1ccccc1)NCC(=O)Nc1nc(-c2ccccn2)cs1. The minimum Gasteiger partial charge on any atom is -0.484 e. The summed E-state index contributed by atoms with van der Waals surface area (Å²) in [6.07, 6.45) is 1.68. The third-order valence-corrected chi connectivity index (χ3v) is 3.99. The van der Waals surface area contributed by atoms with Gasteiger partial charge in [-0.1, -0.05) is 24.3 Å². The predicted octanol–water partition coefficient (Wildman–Crippen LogP) is 2.34. The van der Waals surface area contributed by atoms with Crippen LogP contribution in [-0.4, -0.2) is 34.9 Å². The zero-order chi connectivity index (χ0) is 18.2. The molecule has 2 amide bonds. The van der Waals surface area contributed by atoms with Gasteiger partial charge < -0.3 is 15.4 Å². The van der Waals surface area contributed by atoms with Crippen LogP contribution < -0.4 is 15.4 Å². The van der Waals surface area contributed by atoms with Crippen LogP contribution in [0.3, 0.4) is 0 Å². The van der Waals surface area contributed by atoms with Gasteiger partial charge in [0.2, 0.25) is 5.91 Å². The van der Waals surface area contributed by atoms with Gasteiger partial charge >= 0.3 is 0 Å². The summed E-state index contributed by atoms with van der Waals surface area (Å²) in [5.41, 5.74) is 1.42. The van der Waals surface area contributed by atoms with E-state index in [9.17, 15) is 9.59 Å². The van der Waals surface area contributed by atoms with Crippen LogP contribution in [0, 0.1) is 0 Å². The number of para-hydroxylation sites is 1. The van der Waals surface area contributed by atoms with Crippen LogP contribution in [0.25, 0.3) is 11.4 Å². The molecule has 0 fully saturated rings. The Morgan fingerprint density at radius 2 is 1.81 bits per heavy atom. The summed E-state index contributed by atoms with van der Waals surface area (Å²) in [7, 11) is 0. The zero-order valence-corrected chi connectivity index (χ0v) is 14.5. The molecular weight excluding hydrogens is 352 g/mol. The summed E-state index contributed by atoms with van der Waals surface area (Å²) in [6, 6.07) is 14.5. The van der Waals surface area contributed by atoms with Gasteiger partial charge in [-0.25, -0.2) is 4.98 Å². The largest absolute Gasteiger partial charge is 0.484 e. The summed E-state index contributed by atoms with van der Waals surface area (Å²) in [6.45, 7) is -0.312. The lowest BCUT2D eigenvalue weighted by atomic mass is 10.3. The second-order valence-electron chi connectivity index (χ2n) is 5.18. The molecule has 26 heavy (non-hydrogen) atoms. The van der Waals surface area contributed by atoms with Crippen LogP contribution in [-0.2, 0) is 9.59 Å². The van der Waals surface area contributed by atoms with Crippen molar-refractivity contribution in [1.82, 2.24) is 15.3 Å². The number of pyridine rings is 1. The van der Waals surface area contributed by atoms with Gasteiger partial charge in [0.05, 0.1) is 12.2 Å². The van der Waals surface area contributed by atoms with Crippen LogP contribution in [0.5, 0.6) is 5.75 Å². The number of anilines is 1. The second-order valence-corrected chi connectivity index (χ2v) is 6.04. The Bertz CT molecular complexity index is 868. The average molecular weight is 368 g/mol. The highest BCUT2D eigenvalue weighted by molar-refractivity contribution is 7.14. The Morgan fingerprint density at radius 3 is 2.58 bits per heavy atom. The molecule has 2 aromatic heterocycles. The maximum Gasteiger partial charge on any atom is 0.258 e. The molecule has 1 aromatic carbocycles. The maximum atomic E-state index is 11.9. The van der Waals surface area contributed by atoms with Crippen molar-refractivity contribution in [3.05, 3.63) is 60.1 Å². The lowest BCUT2D eigenvalue weighted by Gasteiger charge is -2.07. The third-order valence-electron chi connectivity index (χ3n) is 3.24. The molecule has 8 heteroatoms. The highest BCUT2D eigenvalue weighted by Crippen LogP contribution is 2.22. The molecule has 2 heterocycles. The van der Waals surface area contributed by atoms with Gasteiger partial charge in [-0.05, 0) is 24.3 Å². The molecule has 0 radical (unpaired) electrons. The Kier molecular flexibility index (Phi) is 5.89. The number of rotatable bonds is 7. The number of carbonyl (C=O) groups excluding carboxylic acids is 2. The fraction of sp³-hybridized carbons (Fsp3) is 0.111. The van der Waals surface area contributed by atoms with Crippen molar-refractivity contribution in [2.75, 3.05) is 18.5 Å². The number of ether oxygens (including phenoxy) is 1. The fourth-order valence-electron chi connectivity index (χ4n) is 2.02. The van der Waals surface area contributed by atoms with E-state index in [-0.39, 0.29) is 25.0 Å². The standard InChI is InChI=1S/C18H16N4O3S/c23-16(10-20-17(24)11-25-13-6-2-1-3-7-13)22-18-21-15(12-26-18)14-8-4-5-9-19-14/h1-9,12H,10-11H2,(H,20,24)(H,21,22,23). The maximum absolute atomic E-state index is 11.9. The van der Waals surface area contributed by atoms with Crippen LogP contribution >= 0.6 is 11.3 Å². The first kappa shape index (κ1) is 17.6. The lowest BCUT2D eigenvalue weighted by molar-refractivity contribution is -0.125. The number of carbonyl (C=O) groups is 2. The van der Waals surface area contributed by atoms with Crippen molar-refractivity contribution >= 4 is 28.3 Å². The molecule has 0 spiro atoms. The molecule has 0 saturated carbocycles. The van der Waals surface area contributed by atoms with Crippen molar-refractivity contribution in [3.63, 3.8) is 0 Å². The second kappa shape index (κ2) is 8.72. The van der Waals surface area contributed by atoms with Crippen LogP contribution in [0.1, 0.15) is 0 Å². The van der Waals surface area contributed by atoms with E-state index in [2.05, 4.69) is 20.6 Å². The van der Waals surface area contributed by atoms with E-state index in [0.717, 1.165) is 5.69 Å². The van der Waals surface area contributed by atoms with E-state index in [4.69, 9.17) is 4.74 Å². The summed E-state index contributed by atoms with van der Waals surface area (Å²) < 4.78 is 5.31. The number of nitrogens with zero attached hydrogens (tertiary/aromatic N) is 2. The molecule has 3 rings (SSSR count). The minimum atomic E-state index is -0.377.